The third-order valence-corrected chi connectivity index (χ3v) is 7.85. The second kappa shape index (κ2) is 6.93. The van der Waals surface area contributed by atoms with Gasteiger partial charge in [0.05, 0.1) is 0 Å². The summed E-state index contributed by atoms with van der Waals surface area (Å²) in [6.07, 6.45) is 9.28. The maximum absolute atomic E-state index is 2.37. The molecule has 0 saturated heterocycles. The molecule has 1 fully saturated rings. The van der Waals surface area contributed by atoms with Gasteiger partial charge >= 0.3 is 0 Å². The van der Waals surface area contributed by atoms with E-state index >= 15 is 0 Å². The van der Waals surface area contributed by atoms with Gasteiger partial charge in [-0.2, -0.15) is 0 Å². The molecule has 0 amide bonds. The predicted molar refractivity (Wildman–Crippen MR) is 135 cm³/mol. The smallest absolute Gasteiger partial charge is 0.000567 e. The second-order valence-electron chi connectivity index (χ2n) is 9.29. The second-order valence-corrected chi connectivity index (χ2v) is 9.29. The van der Waals surface area contributed by atoms with Crippen LogP contribution in [0.15, 0.2) is 97.1 Å². The monoisotopic (exact) mass is 408 g/mol. The molecule has 4 aromatic rings. The number of rotatable bonds is 0. The van der Waals surface area contributed by atoms with Crippen molar-refractivity contribution in [3.63, 3.8) is 0 Å². The predicted octanol–water partition coefficient (Wildman–Crippen LogP) is 8.10. The fraction of sp³-hybridized carbons (Fsp3) is 0.125. The maximum atomic E-state index is 2.37. The quantitative estimate of drug-likeness (QED) is 0.276. The van der Waals surface area contributed by atoms with E-state index in [4.69, 9.17) is 0 Å². The molecule has 0 unspecified atom stereocenters. The zero-order chi connectivity index (χ0) is 21.1. The van der Waals surface area contributed by atoms with Crippen molar-refractivity contribution in [2.45, 2.75) is 23.7 Å². The summed E-state index contributed by atoms with van der Waals surface area (Å²) in [5.41, 5.74) is 11.4. The molecule has 3 aliphatic carbocycles. The third kappa shape index (κ3) is 2.50. The Balaban J connectivity index is 1.56. The van der Waals surface area contributed by atoms with Gasteiger partial charge in [-0.1, -0.05) is 121 Å². The van der Waals surface area contributed by atoms with Crippen molar-refractivity contribution in [3.8, 4) is 0 Å². The first-order valence-corrected chi connectivity index (χ1v) is 11.6. The van der Waals surface area contributed by atoms with E-state index in [-0.39, 0.29) is 0 Å². The van der Waals surface area contributed by atoms with Gasteiger partial charge in [0.15, 0.2) is 0 Å². The Kier molecular flexibility index (Phi) is 3.90. The van der Waals surface area contributed by atoms with Crippen molar-refractivity contribution in [1.82, 2.24) is 0 Å². The van der Waals surface area contributed by atoms with Crippen molar-refractivity contribution in [1.29, 1.82) is 0 Å². The number of hydrogen-bond donors (Lipinski definition) is 0. The topological polar surface area (TPSA) is 0 Å². The van der Waals surface area contributed by atoms with Crippen LogP contribution in [0.3, 0.4) is 0 Å². The molecule has 0 heteroatoms. The highest BCUT2D eigenvalue weighted by Gasteiger charge is 2.54. The molecule has 0 spiro atoms. The summed E-state index contributed by atoms with van der Waals surface area (Å²) in [6, 6.07) is 36.2. The molecular weight excluding hydrogens is 384 g/mol. The molecule has 0 atom stereocenters. The zero-order valence-electron chi connectivity index (χ0n) is 17.9. The van der Waals surface area contributed by atoms with E-state index in [0.29, 0.717) is 23.7 Å². The van der Waals surface area contributed by atoms with Gasteiger partial charge in [0.2, 0.25) is 0 Å². The first-order chi connectivity index (χ1) is 15.9. The van der Waals surface area contributed by atoms with Crippen LogP contribution >= 0.6 is 0 Å². The van der Waals surface area contributed by atoms with Gasteiger partial charge in [-0.05, 0) is 68.2 Å². The Labute approximate surface area is 189 Å². The number of hydrogen-bond acceptors (Lipinski definition) is 0. The largest absolute Gasteiger partial charge is 0.0619 e. The lowest BCUT2D eigenvalue weighted by Gasteiger charge is -2.55. The minimum Gasteiger partial charge on any atom is -0.0619 e. The highest BCUT2D eigenvalue weighted by molar-refractivity contribution is 5.79. The van der Waals surface area contributed by atoms with Gasteiger partial charge in [-0.15, -0.1) is 0 Å². The third-order valence-electron chi connectivity index (χ3n) is 7.85. The Morgan fingerprint density at radius 2 is 0.500 bits per heavy atom. The molecule has 0 bridgehead atoms. The molecule has 1 saturated carbocycles. The molecular formula is C32H24. The Morgan fingerprint density at radius 1 is 0.281 bits per heavy atom. The fourth-order valence-corrected chi connectivity index (χ4v) is 6.52. The molecule has 0 aromatic heterocycles. The summed E-state index contributed by atoms with van der Waals surface area (Å²) in [5, 5.41) is 0. The van der Waals surface area contributed by atoms with E-state index in [9.17, 15) is 0 Å². The van der Waals surface area contributed by atoms with E-state index in [2.05, 4.69) is 121 Å². The van der Waals surface area contributed by atoms with Gasteiger partial charge in [0, 0.05) is 0 Å². The van der Waals surface area contributed by atoms with Crippen LogP contribution in [0.5, 0.6) is 0 Å². The lowest BCUT2D eigenvalue weighted by atomic mass is 9.47. The highest BCUT2D eigenvalue weighted by atomic mass is 14.6. The van der Waals surface area contributed by atoms with Crippen LogP contribution in [0.4, 0.5) is 0 Å². The lowest BCUT2D eigenvalue weighted by molar-refractivity contribution is 0.227. The molecule has 7 rings (SSSR count). The van der Waals surface area contributed by atoms with Crippen molar-refractivity contribution < 1.29 is 0 Å². The van der Waals surface area contributed by atoms with E-state index < -0.39 is 0 Å². The molecule has 0 N–H and O–H groups in total. The zero-order valence-corrected chi connectivity index (χ0v) is 17.9. The number of benzene rings is 4. The molecule has 0 aliphatic heterocycles. The van der Waals surface area contributed by atoms with Gasteiger partial charge in [-0.3, -0.25) is 0 Å². The normalized spacial score (nSPS) is 26.0. The molecule has 0 nitrogen and oxygen atoms in total. The minimum absolute atomic E-state index is 0.461. The van der Waals surface area contributed by atoms with E-state index in [0.717, 1.165) is 0 Å². The van der Waals surface area contributed by atoms with Gasteiger partial charge in [0.1, 0.15) is 0 Å². The van der Waals surface area contributed by atoms with Gasteiger partial charge in [-0.25, -0.2) is 0 Å². The minimum atomic E-state index is 0.461. The van der Waals surface area contributed by atoms with Crippen LogP contribution in [0.1, 0.15) is 68.2 Å². The molecule has 0 heterocycles. The van der Waals surface area contributed by atoms with Gasteiger partial charge in [0.25, 0.3) is 0 Å². The summed E-state index contributed by atoms with van der Waals surface area (Å²) >= 11 is 0. The van der Waals surface area contributed by atoms with Crippen LogP contribution in [0.25, 0.3) is 24.3 Å². The molecule has 4 aromatic carbocycles. The lowest BCUT2D eigenvalue weighted by Crippen LogP contribution is -2.41. The van der Waals surface area contributed by atoms with Crippen molar-refractivity contribution in [2.75, 3.05) is 0 Å². The van der Waals surface area contributed by atoms with Gasteiger partial charge < -0.3 is 0 Å². The Morgan fingerprint density at radius 3 is 0.750 bits per heavy atom. The van der Waals surface area contributed by atoms with Crippen molar-refractivity contribution in [2.24, 2.45) is 0 Å². The fourth-order valence-electron chi connectivity index (χ4n) is 6.52. The maximum Gasteiger partial charge on any atom is -0.000567 e. The summed E-state index contributed by atoms with van der Waals surface area (Å²) in [5.74, 6) is 1.84. The summed E-state index contributed by atoms with van der Waals surface area (Å²) in [6.45, 7) is 0. The van der Waals surface area contributed by atoms with Crippen LogP contribution in [-0.2, 0) is 0 Å². The summed E-state index contributed by atoms with van der Waals surface area (Å²) in [4.78, 5) is 0. The standard InChI is InChI=1S/C32H24/c1-5-13-25-21(9-1)17-18-22-10-2-6-14-26(22)30-29(25)31-27-15-7-3-11-23(27)19-20-24-12-4-8-16-28(24)32(30)31/h1-20,29-32H/b18-17-,20-19-. The van der Waals surface area contributed by atoms with E-state index in [1.54, 1.807) is 0 Å². The average Bonchev–Trinajstić information content (AvgIpc) is 2.82. The highest BCUT2D eigenvalue weighted by Crippen LogP contribution is 2.68. The van der Waals surface area contributed by atoms with Crippen molar-refractivity contribution in [3.05, 3.63) is 142 Å². The van der Waals surface area contributed by atoms with E-state index in [1.165, 1.54) is 44.5 Å². The van der Waals surface area contributed by atoms with E-state index in [1.807, 2.05) is 0 Å². The average molecular weight is 409 g/mol. The van der Waals surface area contributed by atoms with Crippen LogP contribution in [-0.4, -0.2) is 0 Å². The molecule has 3 aliphatic rings. The SMILES string of the molecule is C1=C\c2ccccc2C2C(c3ccccc3/1)C1c3ccccc3/C=C\c3ccccc3C21. The summed E-state index contributed by atoms with van der Waals surface area (Å²) in [7, 11) is 0. The summed E-state index contributed by atoms with van der Waals surface area (Å²) < 4.78 is 0. The Bertz CT molecular complexity index is 1180. The molecule has 32 heavy (non-hydrogen) atoms. The number of fused-ring (bicyclic) bond motifs is 12. The molecule has 0 radical (unpaired) electrons. The first kappa shape index (κ1) is 18.0. The van der Waals surface area contributed by atoms with Crippen LogP contribution < -0.4 is 0 Å². The Hall–Kier alpha value is -3.64. The van der Waals surface area contributed by atoms with Crippen LogP contribution in [0.2, 0.25) is 0 Å². The first-order valence-electron chi connectivity index (χ1n) is 11.6. The van der Waals surface area contributed by atoms with Crippen molar-refractivity contribution >= 4 is 24.3 Å². The van der Waals surface area contributed by atoms with Crippen LogP contribution in [0, 0.1) is 0 Å². The molecule has 152 valence electrons.